The van der Waals surface area contributed by atoms with Crippen molar-refractivity contribution >= 4 is 5.91 Å². The molecule has 0 unspecified atom stereocenters. The van der Waals surface area contributed by atoms with E-state index in [0.29, 0.717) is 11.1 Å². The van der Waals surface area contributed by atoms with Gasteiger partial charge in [0.2, 0.25) is 5.91 Å². The van der Waals surface area contributed by atoms with Crippen LogP contribution in [0.1, 0.15) is 21.5 Å². The number of nitrogens with two attached hydrogens (primary N) is 1. The molecule has 0 saturated heterocycles. The van der Waals surface area contributed by atoms with Gasteiger partial charge in [0.25, 0.3) is 0 Å². The molecule has 2 aromatic rings. The van der Waals surface area contributed by atoms with Crippen LogP contribution >= 0.6 is 0 Å². The van der Waals surface area contributed by atoms with Gasteiger partial charge in [-0.1, -0.05) is 24.3 Å². The Kier molecular flexibility index (Phi) is 3.11. The lowest BCUT2D eigenvalue weighted by Gasteiger charge is -2.06. The Morgan fingerprint density at radius 3 is 2.28 bits per heavy atom. The van der Waals surface area contributed by atoms with Crippen LogP contribution in [0.5, 0.6) is 0 Å². The predicted octanol–water partition coefficient (Wildman–Crippen LogP) is 2.63. The monoisotopic (exact) mass is 236 g/mol. The van der Waals surface area contributed by atoms with E-state index in [1.807, 2.05) is 31.2 Å². The minimum Gasteiger partial charge on any atom is -0.366 e. The van der Waals surface area contributed by atoms with Gasteiger partial charge in [-0.15, -0.1) is 0 Å². The van der Waals surface area contributed by atoms with Gasteiger partial charge in [0.1, 0.15) is 0 Å². The molecule has 88 valence electrons. The number of hydrogen-bond donors (Lipinski definition) is 1. The average molecular weight is 236 g/mol. The van der Waals surface area contributed by atoms with E-state index in [9.17, 15) is 4.79 Å². The fraction of sp³-hybridized carbons (Fsp3) is 0.0667. The number of primary amides is 1. The fourth-order valence-corrected chi connectivity index (χ4v) is 1.80. The highest BCUT2D eigenvalue weighted by Gasteiger charge is 2.07. The summed E-state index contributed by atoms with van der Waals surface area (Å²) < 4.78 is 0. The third-order valence-electron chi connectivity index (χ3n) is 2.85. The molecule has 2 aromatic carbocycles. The van der Waals surface area contributed by atoms with Crippen LogP contribution in [0.25, 0.3) is 11.1 Å². The number of nitrogens with zero attached hydrogens (tertiary/aromatic N) is 1. The highest BCUT2D eigenvalue weighted by molar-refractivity contribution is 5.95. The van der Waals surface area contributed by atoms with Crippen molar-refractivity contribution in [3.63, 3.8) is 0 Å². The SMILES string of the molecule is Cc1ccc(-c2ccc(C#N)cc2)cc1C(N)=O. The van der Waals surface area contributed by atoms with Crippen LogP contribution in [0.15, 0.2) is 42.5 Å². The van der Waals surface area contributed by atoms with E-state index in [0.717, 1.165) is 16.7 Å². The first-order chi connectivity index (χ1) is 8.61. The van der Waals surface area contributed by atoms with Crippen molar-refractivity contribution in [2.75, 3.05) is 0 Å². The molecule has 0 saturated carbocycles. The maximum Gasteiger partial charge on any atom is 0.248 e. The fourth-order valence-electron chi connectivity index (χ4n) is 1.80. The lowest BCUT2D eigenvalue weighted by Crippen LogP contribution is -2.12. The van der Waals surface area contributed by atoms with Crippen LogP contribution in [0.3, 0.4) is 0 Å². The Balaban J connectivity index is 2.48. The van der Waals surface area contributed by atoms with E-state index in [4.69, 9.17) is 11.0 Å². The van der Waals surface area contributed by atoms with Crippen LogP contribution in [0.2, 0.25) is 0 Å². The Labute approximate surface area is 105 Å². The zero-order valence-corrected chi connectivity index (χ0v) is 9.97. The van der Waals surface area contributed by atoms with Gasteiger partial charge in [0.15, 0.2) is 0 Å². The Morgan fingerprint density at radius 1 is 1.11 bits per heavy atom. The van der Waals surface area contributed by atoms with E-state index in [1.165, 1.54) is 0 Å². The second-order valence-corrected chi connectivity index (χ2v) is 4.08. The van der Waals surface area contributed by atoms with Crippen molar-refractivity contribution in [2.45, 2.75) is 6.92 Å². The van der Waals surface area contributed by atoms with Crippen molar-refractivity contribution in [1.29, 1.82) is 5.26 Å². The van der Waals surface area contributed by atoms with Gasteiger partial charge >= 0.3 is 0 Å². The molecule has 0 aromatic heterocycles. The molecule has 0 aliphatic heterocycles. The van der Waals surface area contributed by atoms with Crippen LogP contribution in [-0.2, 0) is 0 Å². The molecule has 18 heavy (non-hydrogen) atoms. The van der Waals surface area contributed by atoms with E-state index in [2.05, 4.69) is 6.07 Å². The first-order valence-electron chi connectivity index (χ1n) is 5.53. The third-order valence-corrected chi connectivity index (χ3v) is 2.85. The van der Waals surface area contributed by atoms with Crippen molar-refractivity contribution in [3.05, 3.63) is 59.2 Å². The number of hydrogen-bond acceptors (Lipinski definition) is 2. The smallest absolute Gasteiger partial charge is 0.248 e. The number of benzene rings is 2. The molecule has 0 aliphatic carbocycles. The highest BCUT2D eigenvalue weighted by atomic mass is 16.1. The molecule has 2 N–H and O–H groups in total. The largest absolute Gasteiger partial charge is 0.366 e. The van der Waals surface area contributed by atoms with E-state index in [-0.39, 0.29) is 0 Å². The number of nitriles is 1. The summed E-state index contributed by atoms with van der Waals surface area (Å²) in [6.07, 6.45) is 0. The van der Waals surface area contributed by atoms with Gasteiger partial charge < -0.3 is 5.73 Å². The van der Waals surface area contributed by atoms with Crippen LogP contribution in [0.4, 0.5) is 0 Å². The number of rotatable bonds is 2. The molecule has 0 heterocycles. The van der Waals surface area contributed by atoms with Gasteiger partial charge in [-0.05, 0) is 41.8 Å². The lowest BCUT2D eigenvalue weighted by molar-refractivity contribution is 0.1000. The van der Waals surface area contributed by atoms with Crippen LogP contribution in [0, 0.1) is 18.3 Å². The molecule has 0 atom stereocenters. The molecule has 2 rings (SSSR count). The minimum atomic E-state index is -0.428. The first kappa shape index (κ1) is 11.9. The summed E-state index contributed by atoms with van der Waals surface area (Å²) in [7, 11) is 0. The van der Waals surface area contributed by atoms with Gasteiger partial charge in [0, 0.05) is 5.56 Å². The molecular weight excluding hydrogens is 224 g/mol. The van der Waals surface area contributed by atoms with Crippen molar-refractivity contribution in [1.82, 2.24) is 0 Å². The maximum absolute atomic E-state index is 11.3. The minimum absolute atomic E-state index is 0.428. The quantitative estimate of drug-likeness (QED) is 0.870. The normalized spacial score (nSPS) is 9.78. The van der Waals surface area contributed by atoms with Crippen molar-refractivity contribution in [2.24, 2.45) is 5.73 Å². The Morgan fingerprint density at radius 2 is 1.72 bits per heavy atom. The second kappa shape index (κ2) is 4.72. The summed E-state index contributed by atoms with van der Waals surface area (Å²) in [5, 5.41) is 8.74. The lowest BCUT2D eigenvalue weighted by atomic mass is 9.99. The summed E-state index contributed by atoms with van der Waals surface area (Å²) >= 11 is 0. The molecule has 0 fully saturated rings. The predicted molar refractivity (Wildman–Crippen MR) is 69.8 cm³/mol. The summed E-state index contributed by atoms with van der Waals surface area (Å²) in [6.45, 7) is 1.85. The molecule has 3 heteroatoms. The zero-order chi connectivity index (χ0) is 13.1. The molecule has 0 aliphatic rings. The van der Waals surface area contributed by atoms with Gasteiger partial charge in [-0.3, -0.25) is 4.79 Å². The molecule has 1 amide bonds. The molecule has 0 spiro atoms. The van der Waals surface area contributed by atoms with Crippen molar-refractivity contribution in [3.8, 4) is 17.2 Å². The Hall–Kier alpha value is -2.60. The van der Waals surface area contributed by atoms with E-state index >= 15 is 0 Å². The topological polar surface area (TPSA) is 66.9 Å². The summed E-state index contributed by atoms with van der Waals surface area (Å²) in [4.78, 5) is 11.3. The van der Waals surface area contributed by atoms with Gasteiger partial charge in [-0.25, -0.2) is 0 Å². The van der Waals surface area contributed by atoms with Gasteiger partial charge in [-0.2, -0.15) is 5.26 Å². The Bertz CT molecular complexity index is 637. The number of amides is 1. The molecule has 0 bridgehead atoms. The van der Waals surface area contributed by atoms with Crippen molar-refractivity contribution < 1.29 is 4.79 Å². The summed E-state index contributed by atoms with van der Waals surface area (Å²) in [6, 6.07) is 14.9. The molecular formula is C15H12N2O. The van der Waals surface area contributed by atoms with E-state index < -0.39 is 5.91 Å². The molecule has 3 nitrogen and oxygen atoms in total. The molecule has 0 radical (unpaired) electrons. The van der Waals surface area contributed by atoms with Gasteiger partial charge in [0.05, 0.1) is 11.6 Å². The third kappa shape index (κ3) is 2.23. The average Bonchev–Trinajstić information content (AvgIpc) is 2.39. The first-order valence-corrected chi connectivity index (χ1v) is 5.53. The van der Waals surface area contributed by atoms with Crippen LogP contribution in [-0.4, -0.2) is 5.91 Å². The second-order valence-electron chi connectivity index (χ2n) is 4.08. The highest BCUT2D eigenvalue weighted by Crippen LogP contribution is 2.22. The van der Waals surface area contributed by atoms with Crippen LogP contribution < -0.4 is 5.73 Å². The summed E-state index contributed by atoms with van der Waals surface area (Å²) in [5.41, 5.74) is 9.19. The summed E-state index contributed by atoms with van der Waals surface area (Å²) in [5.74, 6) is -0.428. The number of carbonyl (C=O) groups excluding carboxylic acids is 1. The maximum atomic E-state index is 11.3. The zero-order valence-electron chi connectivity index (χ0n) is 9.97. The standard InChI is InChI=1S/C15H12N2O/c1-10-2-5-13(8-14(10)15(17)18)12-6-3-11(9-16)4-7-12/h2-8H,1H3,(H2,17,18). The van der Waals surface area contributed by atoms with E-state index in [1.54, 1.807) is 18.2 Å². The number of carbonyl (C=O) groups is 1. The number of aryl methyl sites for hydroxylation is 1.